The SMILES string of the molecule is CC(C(=O)N1CCSC(C)(C)CC1)C(N)=S. The molecule has 1 unspecified atom stereocenters. The predicted octanol–water partition coefficient (Wildman–Crippen LogP) is 1.65. The molecule has 1 rings (SSSR count). The molecular formula is C11H20N2OS2. The van der Waals surface area contributed by atoms with Crippen LogP contribution in [0.2, 0.25) is 0 Å². The van der Waals surface area contributed by atoms with Crippen LogP contribution in [0.15, 0.2) is 0 Å². The van der Waals surface area contributed by atoms with E-state index in [1.165, 1.54) is 0 Å². The highest BCUT2D eigenvalue weighted by Gasteiger charge is 2.28. The first kappa shape index (κ1) is 13.8. The zero-order valence-corrected chi connectivity index (χ0v) is 11.8. The van der Waals surface area contributed by atoms with Crippen molar-refractivity contribution in [1.29, 1.82) is 0 Å². The summed E-state index contributed by atoms with van der Waals surface area (Å²) in [6.07, 6.45) is 1.02. The number of rotatable bonds is 2. The second kappa shape index (κ2) is 5.36. The van der Waals surface area contributed by atoms with Gasteiger partial charge in [-0.25, -0.2) is 0 Å². The lowest BCUT2D eigenvalue weighted by molar-refractivity contribution is -0.132. The molecule has 1 aliphatic heterocycles. The summed E-state index contributed by atoms with van der Waals surface area (Å²) >= 11 is 6.79. The quantitative estimate of drug-likeness (QED) is 0.767. The van der Waals surface area contributed by atoms with Gasteiger partial charge in [-0.2, -0.15) is 11.8 Å². The Morgan fingerprint density at radius 2 is 2.12 bits per heavy atom. The van der Waals surface area contributed by atoms with Gasteiger partial charge in [0, 0.05) is 23.6 Å². The summed E-state index contributed by atoms with van der Waals surface area (Å²) in [5.41, 5.74) is 5.51. The Labute approximate surface area is 107 Å². The molecule has 16 heavy (non-hydrogen) atoms. The first-order chi connectivity index (χ1) is 7.33. The van der Waals surface area contributed by atoms with Crippen molar-refractivity contribution in [3.63, 3.8) is 0 Å². The molecule has 0 spiro atoms. The van der Waals surface area contributed by atoms with Crippen LogP contribution in [0, 0.1) is 5.92 Å². The molecule has 0 aromatic heterocycles. The fourth-order valence-corrected chi connectivity index (χ4v) is 2.84. The predicted molar refractivity (Wildman–Crippen MR) is 73.7 cm³/mol. The van der Waals surface area contributed by atoms with Gasteiger partial charge in [-0.15, -0.1) is 0 Å². The Hall–Kier alpha value is -0.290. The minimum absolute atomic E-state index is 0.0748. The molecule has 1 atom stereocenters. The largest absolute Gasteiger partial charge is 0.393 e. The van der Waals surface area contributed by atoms with Crippen molar-refractivity contribution in [2.24, 2.45) is 11.7 Å². The Kier molecular flexibility index (Phi) is 4.62. The van der Waals surface area contributed by atoms with Gasteiger partial charge in [0.05, 0.1) is 10.9 Å². The number of hydrogen-bond acceptors (Lipinski definition) is 3. The van der Waals surface area contributed by atoms with E-state index < -0.39 is 0 Å². The van der Waals surface area contributed by atoms with Gasteiger partial charge in [-0.05, 0) is 13.3 Å². The lowest BCUT2D eigenvalue weighted by Gasteiger charge is -2.24. The molecule has 2 N–H and O–H groups in total. The van der Waals surface area contributed by atoms with Gasteiger partial charge in [0.25, 0.3) is 0 Å². The molecule has 0 bridgehead atoms. The summed E-state index contributed by atoms with van der Waals surface area (Å²) in [7, 11) is 0. The van der Waals surface area contributed by atoms with Crippen molar-refractivity contribution in [1.82, 2.24) is 4.90 Å². The van der Waals surface area contributed by atoms with Crippen LogP contribution < -0.4 is 5.73 Å². The molecule has 1 heterocycles. The van der Waals surface area contributed by atoms with Crippen LogP contribution in [0.5, 0.6) is 0 Å². The van der Waals surface area contributed by atoms with Crippen LogP contribution in [0.4, 0.5) is 0 Å². The van der Waals surface area contributed by atoms with E-state index in [1.54, 1.807) is 6.92 Å². The summed E-state index contributed by atoms with van der Waals surface area (Å²) < 4.78 is 0.265. The molecule has 92 valence electrons. The number of carbonyl (C=O) groups excluding carboxylic acids is 1. The molecule has 5 heteroatoms. The highest BCUT2D eigenvalue weighted by molar-refractivity contribution is 8.00. The molecule has 0 aromatic carbocycles. The molecule has 1 saturated heterocycles. The maximum atomic E-state index is 12.1. The first-order valence-electron chi connectivity index (χ1n) is 5.55. The van der Waals surface area contributed by atoms with Gasteiger partial charge in [0.2, 0.25) is 5.91 Å². The van der Waals surface area contributed by atoms with Crippen molar-refractivity contribution in [3.8, 4) is 0 Å². The van der Waals surface area contributed by atoms with Crippen LogP contribution in [-0.2, 0) is 4.79 Å². The molecule has 0 aliphatic carbocycles. The zero-order chi connectivity index (χ0) is 12.3. The van der Waals surface area contributed by atoms with E-state index >= 15 is 0 Å². The van der Waals surface area contributed by atoms with Crippen LogP contribution >= 0.6 is 24.0 Å². The van der Waals surface area contributed by atoms with E-state index in [0.717, 1.165) is 25.3 Å². The van der Waals surface area contributed by atoms with Crippen molar-refractivity contribution in [2.75, 3.05) is 18.8 Å². The zero-order valence-electron chi connectivity index (χ0n) is 10.2. The fourth-order valence-electron chi connectivity index (χ4n) is 1.64. The smallest absolute Gasteiger partial charge is 0.232 e. The summed E-state index contributed by atoms with van der Waals surface area (Å²) in [5, 5.41) is 0. The Morgan fingerprint density at radius 1 is 1.50 bits per heavy atom. The summed E-state index contributed by atoms with van der Waals surface area (Å²) in [6, 6.07) is 0. The third-order valence-corrected chi connectivity index (χ3v) is 4.67. The van der Waals surface area contributed by atoms with E-state index in [0.29, 0.717) is 4.99 Å². The first-order valence-corrected chi connectivity index (χ1v) is 6.95. The average Bonchev–Trinajstić information content (AvgIpc) is 2.37. The van der Waals surface area contributed by atoms with Gasteiger partial charge < -0.3 is 10.6 Å². The number of nitrogens with two attached hydrogens (primary N) is 1. The molecule has 0 aromatic rings. The van der Waals surface area contributed by atoms with Crippen molar-refractivity contribution >= 4 is 34.9 Å². The topological polar surface area (TPSA) is 46.3 Å². The van der Waals surface area contributed by atoms with Crippen LogP contribution in [-0.4, -0.2) is 39.4 Å². The number of thioether (sulfide) groups is 1. The molecule has 1 fully saturated rings. The van der Waals surface area contributed by atoms with E-state index in [2.05, 4.69) is 13.8 Å². The maximum absolute atomic E-state index is 12.1. The number of carbonyl (C=O) groups is 1. The fraction of sp³-hybridized carbons (Fsp3) is 0.818. The molecule has 3 nitrogen and oxygen atoms in total. The number of thiocarbonyl (C=S) groups is 1. The number of nitrogens with zero attached hydrogens (tertiary/aromatic N) is 1. The number of hydrogen-bond donors (Lipinski definition) is 1. The van der Waals surface area contributed by atoms with E-state index in [4.69, 9.17) is 18.0 Å². The average molecular weight is 260 g/mol. The highest BCUT2D eigenvalue weighted by atomic mass is 32.2. The third kappa shape index (κ3) is 3.63. The van der Waals surface area contributed by atoms with Crippen LogP contribution in [0.3, 0.4) is 0 Å². The lowest BCUT2D eigenvalue weighted by atomic mass is 10.1. The Bertz CT molecular complexity index is 292. The van der Waals surface area contributed by atoms with Crippen molar-refractivity contribution in [2.45, 2.75) is 31.9 Å². The molecule has 1 amide bonds. The lowest BCUT2D eigenvalue weighted by Crippen LogP contribution is -2.41. The monoisotopic (exact) mass is 260 g/mol. The van der Waals surface area contributed by atoms with Crippen molar-refractivity contribution in [3.05, 3.63) is 0 Å². The molecule has 0 radical (unpaired) electrons. The molecular weight excluding hydrogens is 240 g/mol. The Morgan fingerprint density at radius 3 is 2.69 bits per heavy atom. The summed E-state index contributed by atoms with van der Waals surface area (Å²) in [6.45, 7) is 7.85. The third-order valence-electron chi connectivity index (χ3n) is 2.95. The van der Waals surface area contributed by atoms with Crippen LogP contribution in [0.25, 0.3) is 0 Å². The van der Waals surface area contributed by atoms with Gasteiger partial charge in [-0.1, -0.05) is 26.1 Å². The van der Waals surface area contributed by atoms with Gasteiger partial charge in [0.1, 0.15) is 0 Å². The number of amides is 1. The molecule has 1 aliphatic rings. The second-order valence-corrected chi connectivity index (χ2v) is 7.08. The van der Waals surface area contributed by atoms with Gasteiger partial charge in [-0.3, -0.25) is 4.79 Å². The van der Waals surface area contributed by atoms with E-state index in [1.807, 2.05) is 16.7 Å². The maximum Gasteiger partial charge on any atom is 0.232 e. The molecule has 0 saturated carbocycles. The van der Waals surface area contributed by atoms with E-state index in [-0.39, 0.29) is 16.6 Å². The summed E-state index contributed by atoms with van der Waals surface area (Å²) in [4.78, 5) is 14.2. The minimum atomic E-state index is -0.332. The van der Waals surface area contributed by atoms with Crippen LogP contribution in [0.1, 0.15) is 27.2 Å². The minimum Gasteiger partial charge on any atom is -0.393 e. The normalized spacial score (nSPS) is 22.3. The van der Waals surface area contributed by atoms with Crippen molar-refractivity contribution < 1.29 is 4.79 Å². The summed E-state index contributed by atoms with van der Waals surface area (Å²) in [5.74, 6) is 0.731. The highest BCUT2D eigenvalue weighted by Crippen LogP contribution is 2.30. The standard InChI is InChI=1S/C11H20N2OS2/c1-8(9(12)15)10(14)13-5-4-11(2,3)16-7-6-13/h8H,4-7H2,1-3H3,(H2,12,15). The van der Waals surface area contributed by atoms with Gasteiger partial charge >= 0.3 is 0 Å². The Balaban J connectivity index is 2.61. The van der Waals surface area contributed by atoms with Gasteiger partial charge in [0.15, 0.2) is 0 Å². The second-order valence-electron chi connectivity index (χ2n) is 4.81. The van der Waals surface area contributed by atoms with E-state index in [9.17, 15) is 4.79 Å².